The molecule has 2 atom stereocenters. The highest BCUT2D eigenvalue weighted by Crippen LogP contribution is 2.34. The van der Waals surface area contributed by atoms with Gasteiger partial charge in [-0.2, -0.15) is 0 Å². The maximum atomic E-state index is 11.9. The van der Waals surface area contributed by atoms with Crippen LogP contribution in [-0.4, -0.2) is 28.8 Å². The third-order valence-electron chi connectivity index (χ3n) is 5.15. The smallest absolute Gasteiger partial charge is 0.298 e. The van der Waals surface area contributed by atoms with E-state index in [4.69, 9.17) is 4.84 Å². The number of para-hydroxylation sites is 1. The Hall–Kier alpha value is -2.18. The topological polar surface area (TPSA) is 53.9 Å². The lowest BCUT2D eigenvalue weighted by molar-refractivity contribution is 0.0673. The van der Waals surface area contributed by atoms with Crippen molar-refractivity contribution in [1.29, 1.82) is 0 Å². The number of amides is 1. The second-order valence-corrected chi connectivity index (χ2v) is 7.96. The summed E-state index contributed by atoms with van der Waals surface area (Å²) in [5.41, 5.74) is 1.71. The van der Waals surface area contributed by atoms with Gasteiger partial charge in [-0.05, 0) is 36.4 Å². The highest BCUT2D eigenvalue weighted by Gasteiger charge is 2.37. The van der Waals surface area contributed by atoms with E-state index in [1.165, 1.54) is 24.1 Å². The number of nitrogens with one attached hydrogen (secondary N) is 1. The Morgan fingerprint density at radius 1 is 1.15 bits per heavy atom. The molecule has 1 aromatic heterocycles. The minimum absolute atomic E-state index is 0.504. The average molecular weight is 369 g/mol. The Bertz CT molecular complexity index is 745. The van der Waals surface area contributed by atoms with Crippen molar-refractivity contribution >= 4 is 28.8 Å². The first-order valence-corrected chi connectivity index (χ1v) is 10.0. The first-order chi connectivity index (χ1) is 12.8. The zero-order valence-electron chi connectivity index (χ0n) is 14.6. The largest absolute Gasteiger partial charge is 0.437 e. The number of carbonyl (C=O) groups is 1. The molecule has 0 unspecified atom stereocenters. The fraction of sp³-hybridized carbons (Fsp3) is 0.400. The fourth-order valence-corrected chi connectivity index (χ4v) is 4.68. The molecular formula is C20H23N3O2S. The van der Waals surface area contributed by atoms with E-state index in [1.54, 1.807) is 0 Å². The molecule has 6 heteroatoms. The normalized spacial score (nSPS) is 22.7. The van der Waals surface area contributed by atoms with Crippen LogP contribution in [0, 0.1) is 0 Å². The van der Waals surface area contributed by atoms with Crippen molar-refractivity contribution in [3.05, 3.63) is 52.7 Å². The third kappa shape index (κ3) is 4.14. The Labute approximate surface area is 157 Å². The fourth-order valence-electron chi connectivity index (χ4n) is 3.97. The van der Waals surface area contributed by atoms with E-state index in [-0.39, 0.29) is 0 Å². The van der Waals surface area contributed by atoms with Gasteiger partial charge in [0.1, 0.15) is 0 Å². The summed E-state index contributed by atoms with van der Waals surface area (Å²) in [6, 6.07) is 14.6. The van der Waals surface area contributed by atoms with Gasteiger partial charge in [0.25, 0.3) is 0 Å². The van der Waals surface area contributed by atoms with Gasteiger partial charge in [-0.3, -0.25) is 15.1 Å². The number of nitrogens with zero attached hydrogens (tertiary/aromatic N) is 2. The van der Waals surface area contributed by atoms with E-state index in [2.05, 4.69) is 32.9 Å². The number of thiophene rings is 1. The maximum Gasteiger partial charge on any atom is 0.437 e. The van der Waals surface area contributed by atoms with Crippen molar-refractivity contribution in [3.8, 4) is 0 Å². The molecule has 0 radical (unpaired) electrons. The SMILES string of the molecule is O=C(Nc1ccccc1)ON=C1C[C@H]2CCC[C@H](C1)N2Cc1cccs1. The van der Waals surface area contributed by atoms with Gasteiger partial charge >= 0.3 is 6.09 Å². The van der Waals surface area contributed by atoms with Crippen LogP contribution in [0.4, 0.5) is 10.5 Å². The summed E-state index contributed by atoms with van der Waals surface area (Å²) in [6.07, 6.45) is 4.91. The van der Waals surface area contributed by atoms with Gasteiger partial charge in [0.2, 0.25) is 0 Å². The molecule has 0 aliphatic carbocycles. The molecule has 2 saturated heterocycles. The predicted octanol–water partition coefficient (Wildman–Crippen LogP) is 4.87. The zero-order valence-corrected chi connectivity index (χ0v) is 15.5. The molecule has 0 spiro atoms. The number of benzene rings is 1. The van der Waals surface area contributed by atoms with E-state index in [0.717, 1.165) is 25.1 Å². The van der Waals surface area contributed by atoms with Crippen LogP contribution < -0.4 is 5.32 Å². The van der Waals surface area contributed by atoms with E-state index in [9.17, 15) is 4.79 Å². The summed E-state index contributed by atoms with van der Waals surface area (Å²) in [7, 11) is 0. The maximum absolute atomic E-state index is 11.9. The molecule has 1 aromatic carbocycles. The van der Waals surface area contributed by atoms with E-state index < -0.39 is 6.09 Å². The summed E-state index contributed by atoms with van der Waals surface area (Å²) in [4.78, 5) is 21.1. The number of hydrogen-bond acceptors (Lipinski definition) is 5. The van der Waals surface area contributed by atoms with Crippen molar-refractivity contribution in [1.82, 2.24) is 4.90 Å². The lowest BCUT2D eigenvalue weighted by Gasteiger charge is -2.46. The highest BCUT2D eigenvalue weighted by molar-refractivity contribution is 7.09. The van der Waals surface area contributed by atoms with Crippen LogP contribution in [0.5, 0.6) is 0 Å². The molecule has 26 heavy (non-hydrogen) atoms. The molecule has 3 heterocycles. The lowest BCUT2D eigenvalue weighted by Crippen LogP contribution is -2.51. The van der Waals surface area contributed by atoms with Gasteiger partial charge in [0, 0.05) is 42.0 Å². The summed E-state index contributed by atoms with van der Waals surface area (Å²) in [5.74, 6) is 0. The number of hydrogen-bond donors (Lipinski definition) is 1. The van der Waals surface area contributed by atoms with Crippen LogP contribution in [0.2, 0.25) is 0 Å². The Morgan fingerprint density at radius 2 is 1.92 bits per heavy atom. The van der Waals surface area contributed by atoms with Gasteiger partial charge in [-0.25, -0.2) is 4.79 Å². The lowest BCUT2D eigenvalue weighted by atomic mass is 9.83. The molecule has 1 amide bonds. The number of fused-ring (bicyclic) bond motifs is 2. The van der Waals surface area contributed by atoms with Gasteiger partial charge in [-0.15, -0.1) is 11.3 Å². The molecule has 136 valence electrons. The number of piperidine rings is 2. The number of carbonyl (C=O) groups excluding carboxylic acids is 1. The molecule has 2 aliphatic rings. The number of oxime groups is 1. The molecule has 2 fully saturated rings. The van der Waals surface area contributed by atoms with E-state index >= 15 is 0 Å². The van der Waals surface area contributed by atoms with Crippen molar-refractivity contribution < 1.29 is 9.63 Å². The van der Waals surface area contributed by atoms with Gasteiger partial charge in [0.05, 0.1) is 5.71 Å². The van der Waals surface area contributed by atoms with Crippen molar-refractivity contribution in [3.63, 3.8) is 0 Å². The molecule has 4 rings (SSSR count). The summed E-state index contributed by atoms with van der Waals surface area (Å²) in [5, 5.41) is 9.01. The summed E-state index contributed by atoms with van der Waals surface area (Å²) >= 11 is 1.82. The number of rotatable bonds is 4. The van der Waals surface area contributed by atoms with Crippen LogP contribution >= 0.6 is 11.3 Å². The average Bonchev–Trinajstić information content (AvgIpc) is 3.14. The molecule has 2 aliphatic heterocycles. The molecule has 2 bridgehead atoms. The highest BCUT2D eigenvalue weighted by atomic mass is 32.1. The Morgan fingerprint density at radius 3 is 2.62 bits per heavy atom. The van der Waals surface area contributed by atoms with Crippen molar-refractivity contribution in [2.45, 2.75) is 50.7 Å². The molecule has 2 aromatic rings. The van der Waals surface area contributed by atoms with Gasteiger partial charge in [0.15, 0.2) is 0 Å². The molecular weight excluding hydrogens is 346 g/mol. The monoisotopic (exact) mass is 369 g/mol. The number of anilines is 1. The minimum Gasteiger partial charge on any atom is -0.298 e. The van der Waals surface area contributed by atoms with E-state index in [1.807, 2.05) is 41.7 Å². The van der Waals surface area contributed by atoms with Crippen LogP contribution in [0.1, 0.15) is 37.0 Å². The van der Waals surface area contributed by atoms with Crippen LogP contribution in [0.3, 0.4) is 0 Å². The van der Waals surface area contributed by atoms with Crippen LogP contribution in [-0.2, 0) is 11.4 Å². The van der Waals surface area contributed by atoms with Crippen molar-refractivity contribution in [2.75, 3.05) is 5.32 Å². The first-order valence-electron chi connectivity index (χ1n) is 9.15. The third-order valence-corrected chi connectivity index (χ3v) is 6.01. The minimum atomic E-state index is -0.533. The second kappa shape index (κ2) is 8.01. The molecule has 0 saturated carbocycles. The summed E-state index contributed by atoms with van der Waals surface area (Å²) in [6.45, 7) is 1.02. The Kier molecular flexibility index (Phi) is 5.32. The molecule has 1 N–H and O–H groups in total. The predicted molar refractivity (Wildman–Crippen MR) is 105 cm³/mol. The standard InChI is InChI=1S/C20H23N3O2S/c24-20(21-15-6-2-1-3-7-15)25-22-16-12-17-8-4-9-18(13-16)23(17)14-19-10-5-11-26-19/h1-3,5-7,10-11,17-18H,4,8-9,12-14H2,(H,21,24)/t17-,18-/m1/s1. The Balaban J connectivity index is 1.36. The van der Waals surface area contributed by atoms with Crippen LogP contribution in [0.25, 0.3) is 0 Å². The quantitative estimate of drug-likeness (QED) is 0.618. The van der Waals surface area contributed by atoms with E-state index in [0.29, 0.717) is 17.8 Å². The van der Waals surface area contributed by atoms with Crippen LogP contribution in [0.15, 0.2) is 53.0 Å². The zero-order chi connectivity index (χ0) is 17.8. The molecule has 5 nitrogen and oxygen atoms in total. The van der Waals surface area contributed by atoms with Gasteiger partial charge < -0.3 is 0 Å². The second-order valence-electron chi connectivity index (χ2n) is 6.93. The first kappa shape index (κ1) is 17.2. The van der Waals surface area contributed by atoms with Gasteiger partial charge in [-0.1, -0.05) is 35.8 Å². The van der Waals surface area contributed by atoms with Crippen molar-refractivity contribution in [2.24, 2.45) is 5.16 Å². The summed E-state index contributed by atoms with van der Waals surface area (Å²) < 4.78 is 0.